The van der Waals surface area contributed by atoms with E-state index in [0.717, 1.165) is 22.4 Å². The predicted molar refractivity (Wildman–Crippen MR) is 103 cm³/mol. The average molecular weight is 354 g/mol. The van der Waals surface area contributed by atoms with E-state index >= 15 is 0 Å². The van der Waals surface area contributed by atoms with Crippen LogP contribution in [0.2, 0.25) is 0 Å². The number of hydrogen-bond donors (Lipinski definition) is 2. The number of amides is 2. The summed E-state index contributed by atoms with van der Waals surface area (Å²) in [7, 11) is 0. The van der Waals surface area contributed by atoms with Gasteiger partial charge in [-0.2, -0.15) is 0 Å². The number of carbonyl (C=O) groups is 2. The third-order valence-electron chi connectivity index (χ3n) is 3.74. The number of hydrogen-bond acceptors (Lipinski definition) is 3. The van der Waals surface area contributed by atoms with Gasteiger partial charge in [0.15, 0.2) is 0 Å². The minimum atomic E-state index is -0.544. The van der Waals surface area contributed by atoms with Crippen LogP contribution in [0.15, 0.2) is 42.5 Å². The van der Waals surface area contributed by atoms with Gasteiger partial charge in [-0.1, -0.05) is 30.3 Å². The van der Waals surface area contributed by atoms with E-state index in [-0.39, 0.29) is 5.91 Å². The lowest BCUT2D eigenvalue weighted by Gasteiger charge is -2.19. The highest BCUT2D eigenvalue weighted by Crippen LogP contribution is 2.20. The van der Waals surface area contributed by atoms with Crippen molar-refractivity contribution >= 4 is 17.7 Å². The van der Waals surface area contributed by atoms with Crippen LogP contribution >= 0.6 is 0 Å². The Labute approximate surface area is 154 Å². The van der Waals surface area contributed by atoms with Crippen LogP contribution in [-0.2, 0) is 11.3 Å². The fourth-order valence-electron chi connectivity index (χ4n) is 2.51. The molecule has 2 aromatic rings. The molecule has 0 heterocycles. The Kier molecular flexibility index (Phi) is 6.03. The highest BCUT2D eigenvalue weighted by Gasteiger charge is 2.16. The van der Waals surface area contributed by atoms with Gasteiger partial charge in [-0.25, -0.2) is 4.79 Å². The summed E-state index contributed by atoms with van der Waals surface area (Å²) in [5.74, 6) is -0.179. The first kappa shape index (κ1) is 19.5. The number of para-hydroxylation sites is 1. The van der Waals surface area contributed by atoms with Gasteiger partial charge in [0.25, 0.3) is 5.91 Å². The average Bonchev–Trinajstić information content (AvgIpc) is 2.55. The smallest absolute Gasteiger partial charge is 0.407 e. The van der Waals surface area contributed by atoms with Crippen LogP contribution in [0.4, 0.5) is 10.5 Å². The normalized spacial score (nSPS) is 11.0. The molecule has 5 nitrogen and oxygen atoms in total. The minimum Gasteiger partial charge on any atom is -0.444 e. The number of rotatable bonds is 4. The number of alkyl carbamates (subject to hydrolysis) is 1. The Bertz CT molecular complexity index is 787. The first-order chi connectivity index (χ1) is 12.2. The third kappa shape index (κ3) is 5.62. The van der Waals surface area contributed by atoms with E-state index in [1.54, 1.807) is 18.2 Å². The van der Waals surface area contributed by atoms with Gasteiger partial charge >= 0.3 is 6.09 Å². The van der Waals surface area contributed by atoms with Crippen LogP contribution in [0, 0.1) is 13.8 Å². The van der Waals surface area contributed by atoms with Crippen molar-refractivity contribution in [2.75, 3.05) is 5.32 Å². The highest BCUT2D eigenvalue weighted by atomic mass is 16.6. The molecule has 5 heteroatoms. The van der Waals surface area contributed by atoms with Crippen molar-refractivity contribution in [1.29, 1.82) is 0 Å². The van der Waals surface area contributed by atoms with Gasteiger partial charge in [-0.3, -0.25) is 4.79 Å². The third-order valence-corrected chi connectivity index (χ3v) is 3.74. The van der Waals surface area contributed by atoms with Crippen molar-refractivity contribution in [3.63, 3.8) is 0 Å². The summed E-state index contributed by atoms with van der Waals surface area (Å²) in [4.78, 5) is 24.3. The van der Waals surface area contributed by atoms with Gasteiger partial charge in [0.1, 0.15) is 5.60 Å². The zero-order valence-electron chi connectivity index (χ0n) is 16.0. The standard InChI is InChI=1S/C21H26N2O3/c1-14-8-6-9-15(2)18(14)23-19(24)17-11-7-10-16(12-17)13-22-20(25)26-21(3,4)5/h6-12H,13H2,1-5H3,(H,22,25)(H,23,24). The monoisotopic (exact) mass is 354 g/mol. The quantitative estimate of drug-likeness (QED) is 0.844. The van der Waals surface area contributed by atoms with Crippen molar-refractivity contribution in [3.05, 3.63) is 64.7 Å². The van der Waals surface area contributed by atoms with Crippen molar-refractivity contribution in [1.82, 2.24) is 5.32 Å². The maximum Gasteiger partial charge on any atom is 0.407 e. The van der Waals surface area contributed by atoms with Crippen molar-refractivity contribution in [2.45, 2.75) is 46.8 Å². The zero-order valence-corrected chi connectivity index (χ0v) is 16.0. The second-order valence-electron chi connectivity index (χ2n) is 7.28. The van der Waals surface area contributed by atoms with Crippen LogP contribution in [0.3, 0.4) is 0 Å². The van der Waals surface area contributed by atoms with E-state index in [4.69, 9.17) is 4.74 Å². The van der Waals surface area contributed by atoms with E-state index in [0.29, 0.717) is 12.1 Å². The maximum absolute atomic E-state index is 12.6. The molecule has 2 N–H and O–H groups in total. The molecule has 0 fully saturated rings. The number of ether oxygens (including phenoxy) is 1. The molecule has 0 aliphatic heterocycles. The molecule has 0 aliphatic rings. The number of anilines is 1. The van der Waals surface area contributed by atoms with Crippen LogP contribution in [0.25, 0.3) is 0 Å². The summed E-state index contributed by atoms with van der Waals surface area (Å²) in [6.07, 6.45) is -0.483. The molecule has 0 bridgehead atoms. The molecular weight excluding hydrogens is 328 g/mol. The summed E-state index contributed by atoms with van der Waals surface area (Å²) < 4.78 is 5.21. The van der Waals surface area contributed by atoms with Gasteiger partial charge in [0, 0.05) is 17.8 Å². The highest BCUT2D eigenvalue weighted by molar-refractivity contribution is 6.05. The Balaban J connectivity index is 2.04. The van der Waals surface area contributed by atoms with Crippen molar-refractivity contribution < 1.29 is 14.3 Å². The van der Waals surface area contributed by atoms with E-state index in [1.165, 1.54) is 0 Å². The number of carbonyl (C=O) groups excluding carboxylic acids is 2. The van der Waals surface area contributed by atoms with Crippen molar-refractivity contribution in [3.8, 4) is 0 Å². The van der Waals surface area contributed by atoms with Gasteiger partial charge in [0.05, 0.1) is 0 Å². The van der Waals surface area contributed by atoms with E-state index < -0.39 is 11.7 Å². The minimum absolute atomic E-state index is 0.179. The fourth-order valence-corrected chi connectivity index (χ4v) is 2.51. The summed E-state index contributed by atoms with van der Waals surface area (Å²) in [6, 6.07) is 13.1. The first-order valence-corrected chi connectivity index (χ1v) is 8.59. The molecule has 0 radical (unpaired) electrons. The topological polar surface area (TPSA) is 67.4 Å². The molecule has 0 spiro atoms. The van der Waals surface area contributed by atoms with Crippen LogP contribution in [-0.4, -0.2) is 17.6 Å². The maximum atomic E-state index is 12.6. The Hall–Kier alpha value is -2.82. The molecular formula is C21H26N2O3. The molecule has 0 saturated heterocycles. The molecule has 0 saturated carbocycles. The molecule has 0 atom stereocenters. The number of nitrogens with one attached hydrogen (secondary N) is 2. The lowest BCUT2D eigenvalue weighted by molar-refractivity contribution is 0.0523. The van der Waals surface area contributed by atoms with E-state index in [9.17, 15) is 9.59 Å². The molecule has 138 valence electrons. The van der Waals surface area contributed by atoms with Crippen LogP contribution in [0.1, 0.15) is 47.8 Å². The predicted octanol–water partition coefficient (Wildman–Crippen LogP) is 4.58. The Morgan fingerprint density at radius 3 is 2.23 bits per heavy atom. The van der Waals surface area contributed by atoms with Gasteiger partial charge in [0.2, 0.25) is 0 Å². The second kappa shape index (κ2) is 8.04. The molecule has 0 aromatic heterocycles. The summed E-state index contributed by atoms with van der Waals surface area (Å²) >= 11 is 0. The zero-order chi connectivity index (χ0) is 19.3. The lowest BCUT2D eigenvalue weighted by atomic mass is 10.1. The molecule has 0 aliphatic carbocycles. The first-order valence-electron chi connectivity index (χ1n) is 8.59. The molecule has 0 unspecified atom stereocenters. The SMILES string of the molecule is Cc1cccc(C)c1NC(=O)c1cccc(CNC(=O)OC(C)(C)C)c1. The van der Waals surface area contributed by atoms with Crippen molar-refractivity contribution in [2.24, 2.45) is 0 Å². The number of benzene rings is 2. The largest absolute Gasteiger partial charge is 0.444 e. The summed E-state index contributed by atoms with van der Waals surface area (Å²) in [6.45, 7) is 9.65. The Morgan fingerprint density at radius 1 is 1.00 bits per heavy atom. The Morgan fingerprint density at radius 2 is 1.62 bits per heavy atom. The molecule has 26 heavy (non-hydrogen) atoms. The van der Waals surface area contributed by atoms with Crippen LogP contribution in [0.5, 0.6) is 0 Å². The molecule has 2 amide bonds. The molecule has 2 aromatic carbocycles. The lowest BCUT2D eigenvalue weighted by Crippen LogP contribution is -2.32. The van der Waals surface area contributed by atoms with Gasteiger partial charge in [-0.15, -0.1) is 0 Å². The number of aryl methyl sites for hydroxylation is 2. The van der Waals surface area contributed by atoms with Crippen LogP contribution < -0.4 is 10.6 Å². The second-order valence-corrected chi connectivity index (χ2v) is 7.28. The van der Waals surface area contributed by atoms with Gasteiger partial charge in [-0.05, 0) is 63.4 Å². The summed E-state index contributed by atoms with van der Waals surface area (Å²) in [5, 5.41) is 5.66. The molecule has 2 rings (SSSR count). The van der Waals surface area contributed by atoms with Gasteiger partial charge < -0.3 is 15.4 Å². The van der Waals surface area contributed by atoms with E-state index in [1.807, 2.05) is 58.9 Å². The van der Waals surface area contributed by atoms with E-state index in [2.05, 4.69) is 10.6 Å². The summed E-state index contributed by atoms with van der Waals surface area (Å²) in [5.41, 5.74) is 3.68. The fraction of sp³-hybridized carbons (Fsp3) is 0.333.